The Morgan fingerprint density at radius 1 is 1.52 bits per heavy atom. The molecule has 1 aliphatic heterocycles. The molecule has 0 spiro atoms. The lowest BCUT2D eigenvalue weighted by molar-refractivity contribution is -0.137. The monoisotopic (exact) mass is 440 g/mol. The van der Waals surface area contributed by atoms with Gasteiger partial charge in [0.2, 0.25) is 0 Å². The van der Waals surface area contributed by atoms with E-state index in [-0.39, 0.29) is 18.5 Å². The average molecular weight is 441 g/mol. The van der Waals surface area contributed by atoms with E-state index in [1.54, 1.807) is 28.8 Å². The van der Waals surface area contributed by atoms with Crippen LogP contribution in [-0.2, 0) is 4.79 Å². The van der Waals surface area contributed by atoms with Crippen molar-refractivity contribution in [3.63, 3.8) is 0 Å². The number of carbonyl (C=O) groups excluding carboxylic acids is 1. The third kappa shape index (κ3) is 4.65. The van der Waals surface area contributed by atoms with Crippen LogP contribution in [0.1, 0.15) is 6.42 Å². The molecule has 2 rings (SSSR count). The summed E-state index contributed by atoms with van der Waals surface area (Å²) >= 11 is 9.90. The highest BCUT2D eigenvalue weighted by molar-refractivity contribution is 14.1. The van der Waals surface area contributed by atoms with E-state index in [9.17, 15) is 9.59 Å². The zero-order valence-electron chi connectivity index (χ0n) is 11.0. The molecule has 0 radical (unpaired) electrons. The number of amides is 2. The van der Waals surface area contributed by atoms with Gasteiger partial charge in [-0.15, -0.1) is 0 Å². The first-order valence-electron chi connectivity index (χ1n) is 6.29. The molecule has 1 aromatic rings. The highest BCUT2D eigenvalue weighted by atomic mass is 127. The Morgan fingerprint density at radius 3 is 2.95 bits per heavy atom. The summed E-state index contributed by atoms with van der Waals surface area (Å²) in [7, 11) is 0. The Morgan fingerprint density at radius 2 is 2.29 bits per heavy atom. The minimum Gasteiger partial charge on any atom is -0.481 e. The van der Waals surface area contributed by atoms with Crippen LogP contribution in [0.2, 0.25) is 5.02 Å². The number of rotatable bonds is 3. The highest BCUT2D eigenvalue weighted by Gasteiger charge is 2.29. The van der Waals surface area contributed by atoms with Crippen molar-refractivity contribution in [2.24, 2.45) is 0 Å². The molecule has 8 heteroatoms. The van der Waals surface area contributed by atoms with Crippen molar-refractivity contribution in [3.05, 3.63) is 26.8 Å². The fourth-order valence-electron chi connectivity index (χ4n) is 2.07. The zero-order chi connectivity index (χ0) is 15.4. The highest BCUT2D eigenvalue weighted by Crippen LogP contribution is 2.25. The molecular formula is C13H14ClIN2O3S. The number of thioether (sulfide) groups is 1. The summed E-state index contributed by atoms with van der Waals surface area (Å²) in [5, 5.41) is 12.2. The van der Waals surface area contributed by atoms with Gasteiger partial charge in [0.15, 0.2) is 0 Å². The van der Waals surface area contributed by atoms with Crippen molar-refractivity contribution in [2.45, 2.75) is 12.5 Å². The van der Waals surface area contributed by atoms with Crippen LogP contribution in [0.25, 0.3) is 0 Å². The zero-order valence-corrected chi connectivity index (χ0v) is 14.7. The first kappa shape index (κ1) is 16.7. The van der Waals surface area contributed by atoms with E-state index in [0.717, 1.165) is 9.32 Å². The molecule has 2 N–H and O–H groups in total. The topological polar surface area (TPSA) is 69.6 Å². The van der Waals surface area contributed by atoms with Crippen LogP contribution < -0.4 is 5.32 Å². The van der Waals surface area contributed by atoms with E-state index in [0.29, 0.717) is 23.0 Å². The summed E-state index contributed by atoms with van der Waals surface area (Å²) in [4.78, 5) is 24.8. The Kier molecular flexibility index (Phi) is 6.00. The maximum absolute atomic E-state index is 12.3. The summed E-state index contributed by atoms with van der Waals surface area (Å²) < 4.78 is 0.980. The summed E-state index contributed by atoms with van der Waals surface area (Å²) in [6.45, 7) is 0.538. The molecule has 2 amide bonds. The molecule has 1 aliphatic rings. The number of carboxylic acid groups (broad SMARTS) is 1. The average Bonchev–Trinajstić information content (AvgIpc) is 2.42. The Hall–Kier alpha value is -0.670. The quantitative estimate of drug-likeness (QED) is 0.707. The van der Waals surface area contributed by atoms with Crippen molar-refractivity contribution >= 4 is 63.6 Å². The summed E-state index contributed by atoms with van der Waals surface area (Å²) in [6, 6.07) is 4.77. The van der Waals surface area contributed by atoms with Crippen LogP contribution in [0, 0.1) is 3.57 Å². The van der Waals surface area contributed by atoms with Gasteiger partial charge in [-0.3, -0.25) is 4.79 Å². The summed E-state index contributed by atoms with van der Waals surface area (Å²) in [5.41, 5.74) is 0.536. The molecule has 0 aliphatic carbocycles. The molecule has 1 aromatic carbocycles. The standard InChI is InChI=1S/C13H14ClIN2O3S/c14-10-5-8(15)1-2-11(10)16-13(20)17-3-4-21-7-9(17)6-12(18)19/h1-2,5,9H,3-4,6-7H2,(H,16,20)(H,18,19). The molecule has 5 nitrogen and oxygen atoms in total. The van der Waals surface area contributed by atoms with E-state index in [4.69, 9.17) is 16.7 Å². The number of aliphatic carboxylic acids is 1. The van der Waals surface area contributed by atoms with Crippen molar-refractivity contribution in [1.29, 1.82) is 0 Å². The van der Waals surface area contributed by atoms with E-state index in [1.165, 1.54) is 0 Å². The Balaban J connectivity index is 2.08. The van der Waals surface area contributed by atoms with E-state index in [1.807, 2.05) is 6.07 Å². The fraction of sp³-hybridized carbons (Fsp3) is 0.385. The molecule has 0 saturated carbocycles. The Bertz CT molecular complexity index is 558. The van der Waals surface area contributed by atoms with Crippen LogP contribution in [0.4, 0.5) is 10.5 Å². The number of carboxylic acids is 1. The van der Waals surface area contributed by atoms with Gasteiger partial charge in [0.1, 0.15) is 0 Å². The minimum atomic E-state index is -0.896. The first-order valence-corrected chi connectivity index (χ1v) is 8.90. The lowest BCUT2D eigenvalue weighted by atomic mass is 10.2. The summed E-state index contributed by atoms with van der Waals surface area (Å²) in [5.74, 6) is 0.553. The van der Waals surface area contributed by atoms with Crippen molar-refractivity contribution < 1.29 is 14.7 Å². The number of benzene rings is 1. The lowest BCUT2D eigenvalue weighted by Crippen LogP contribution is -2.48. The molecule has 1 heterocycles. The molecule has 1 fully saturated rings. The van der Waals surface area contributed by atoms with Crippen LogP contribution in [0.15, 0.2) is 18.2 Å². The lowest BCUT2D eigenvalue weighted by Gasteiger charge is -2.34. The van der Waals surface area contributed by atoms with Crippen LogP contribution in [0.3, 0.4) is 0 Å². The number of urea groups is 1. The van der Waals surface area contributed by atoms with Gasteiger partial charge < -0.3 is 15.3 Å². The maximum Gasteiger partial charge on any atom is 0.322 e. The number of carbonyl (C=O) groups is 2. The van der Waals surface area contributed by atoms with Gasteiger partial charge in [0.05, 0.1) is 23.2 Å². The van der Waals surface area contributed by atoms with Crippen LogP contribution in [-0.4, -0.2) is 46.1 Å². The number of hydrogen-bond donors (Lipinski definition) is 2. The van der Waals surface area contributed by atoms with E-state index in [2.05, 4.69) is 27.9 Å². The molecular weight excluding hydrogens is 427 g/mol. The number of nitrogens with one attached hydrogen (secondary N) is 1. The van der Waals surface area contributed by atoms with Crippen molar-refractivity contribution in [2.75, 3.05) is 23.4 Å². The molecule has 0 bridgehead atoms. The van der Waals surface area contributed by atoms with Crippen LogP contribution >= 0.6 is 46.0 Å². The molecule has 1 atom stereocenters. The fourth-order valence-corrected chi connectivity index (χ4v) is 4.04. The van der Waals surface area contributed by atoms with Gasteiger partial charge in [0, 0.05) is 21.6 Å². The van der Waals surface area contributed by atoms with Crippen LogP contribution in [0.5, 0.6) is 0 Å². The molecule has 114 valence electrons. The number of hydrogen-bond acceptors (Lipinski definition) is 3. The predicted molar refractivity (Wildman–Crippen MR) is 93.3 cm³/mol. The minimum absolute atomic E-state index is 0.0408. The van der Waals surface area contributed by atoms with Gasteiger partial charge in [-0.2, -0.15) is 11.8 Å². The van der Waals surface area contributed by atoms with Gasteiger partial charge in [-0.1, -0.05) is 11.6 Å². The van der Waals surface area contributed by atoms with E-state index < -0.39 is 5.97 Å². The summed E-state index contributed by atoms with van der Waals surface area (Å²) in [6.07, 6.45) is -0.0408. The second kappa shape index (κ2) is 7.55. The third-order valence-electron chi connectivity index (χ3n) is 3.07. The Labute approximate surface area is 145 Å². The normalized spacial score (nSPS) is 18.4. The van der Waals surface area contributed by atoms with Crippen molar-refractivity contribution in [1.82, 2.24) is 4.90 Å². The second-order valence-corrected chi connectivity index (χ2v) is 7.38. The first-order chi connectivity index (χ1) is 9.97. The molecule has 21 heavy (non-hydrogen) atoms. The van der Waals surface area contributed by atoms with Gasteiger partial charge in [-0.25, -0.2) is 4.79 Å². The molecule has 1 saturated heterocycles. The van der Waals surface area contributed by atoms with Gasteiger partial charge in [0.25, 0.3) is 0 Å². The third-order valence-corrected chi connectivity index (χ3v) is 5.15. The smallest absolute Gasteiger partial charge is 0.322 e. The van der Waals surface area contributed by atoms with Gasteiger partial charge in [-0.05, 0) is 40.8 Å². The SMILES string of the molecule is O=C(O)CC1CSCCN1C(=O)Nc1ccc(I)cc1Cl. The number of nitrogens with zero attached hydrogens (tertiary/aromatic N) is 1. The molecule has 1 unspecified atom stereocenters. The number of halogens is 2. The predicted octanol–water partition coefficient (Wildman–Crippen LogP) is 3.37. The van der Waals surface area contributed by atoms with Gasteiger partial charge >= 0.3 is 12.0 Å². The molecule has 0 aromatic heterocycles. The van der Waals surface area contributed by atoms with Crippen molar-refractivity contribution in [3.8, 4) is 0 Å². The number of anilines is 1. The maximum atomic E-state index is 12.3. The van der Waals surface area contributed by atoms with E-state index >= 15 is 0 Å². The second-order valence-electron chi connectivity index (χ2n) is 4.57. The largest absolute Gasteiger partial charge is 0.481 e.